The van der Waals surface area contributed by atoms with Crippen LogP contribution in [0.1, 0.15) is 45.4 Å². The molecule has 1 atom stereocenters. The Kier molecular flexibility index (Phi) is 5.09. The fourth-order valence-corrected chi connectivity index (χ4v) is 1.51. The molecule has 0 aromatic heterocycles. The Morgan fingerprint density at radius 1 is 1.42 bits per heavy atom. The highest BCUT2D eigenvalue weighted by molar-refractivity contribution is 4.91. The molecule has 0 radical (unpaired) electrons. The van der Waals surface area contributed by atoms with Crippen LogP contribution in [0.25, 0.3) is 0 Å². The first kappa shape index (κ1) is 9.79. The van der Waals surface area contributed by atoms with Crippen molar-refractivity contribution in [2.75, 3.05) is 6.61 Å². The molecule has 1 saturated heterocycles. The van der Waals surface area contributed by atoms with Crippen LogP contribution in [0.15, 0.2) is 12.2 Å². The Morgan fingerprint density at radius 2 is 2.33 bits per heavy atom. The summed E-state index contributed by atoms with van der Waals surface area (Å²) >= 11 is 0. The van der Waals surface area contributed by atoms with Gasteiger partial charge in [-0.25, -0.2) is 0 Å². The predicted octanol–water partition coefficient (Wildman–Crippen LogP) is 3.30. The van der Waals surface area contributed by atoms with Crippen LogP contribution in [-0.4, -0.2) is 12.7 Å². The number of hydrogen-bond acceptors (Lipinski definition) is 1. The Bertz CT molecular complexity index is 123. The lowest BCUT2D eigenvalue weighted by molar-refractivity contribution is 0.145. The summed E-state index contributed by atoms with van der Waals surface area (Å²) in [6.07, 6.45) is 12.7. The quantitative estimate of drug-likeness (QED) is 0.452. The highest BCUT2D eigenvalue weighted by atomic mass is 16.5. The Morgan fingerprint density at radius 3 is 3.00 bits per heavy atom. The van der Waals surface area contributed by atoms with E-state index in [1.807, 2.05) is 0 Å². The SMILES string of the molecule is CCCCC/C=C\[C@H]1CCCO1. The summed E-state index contributed by atoms with van der Waals surface area (Å²) < 4.78 is 5.47. The highest BCUT2D eigenvalue weighted by Gasteiger charge is 2.10. The molecule has 0 N–H and O–H groups in total. The van der Waals surface area contributed by atoms with Gasteiger partial charge in [0.15, 0.2) is 0 Å². The average molecular weight is 168 g/mol. The van der Waals surface area contributed by atoms with E-state index in [-0.39, 0.29) is 0 Å². The van der Waals surface area contributed by atoms with Crippen molar-refractivity contribution in [2.45, 2.75) is 51.6 Å². The zero-order valence-electron chi connectivity index (χ0n) is 8.09. The molecule has 1 rings (SSSR count). The van der Waals surface area contributed by atoms with Crippen molar-refractivity contribution < 1.29 is 4.74 Å². The fourth-order valence-electron chi connectivity index (χ4n) is 1.51. The summed E-state index contributed by atoms with van der Waals surface area (Å²) in [5.41, 5.74) is 0. The van der Waals surface area contributed by atoms with Crippen molar-refractivity contribution in [2.24, 2.45) is 0 Å². The molecule has 1 heteroatoms. The maximum Gasteiger partial charge on any atom is 0.0756 e. The number of unbranched alkanes of at least 4 members (excludes halogenated alkanes) is 3. The molecule has 0 aliphatic carbocycles. The predicted molar refractivity (Wildman–Crippen MR) is 52.3 cm³/mol. The normalized spacial score (nSPS) is 23.9. The average Bonchev–Trinajstić information content (AvgIpc) is 2.57. The van der Waals surface area contributed by atoms with Gasteiger partial charge in [0.05, 0.1) is 6.10 Å². The molecule has 1 fully saturated rings. The third kappa shape index (κ3) is 3.91. The van der Waals surface area contributed by atoms with E-state index in [9.17, 15) is 0 Å². The summed E-state index contributed by atoms with van der Waals surface area (Å²) in [5, 5.41) is 0. The van der Waals surface area contributed by atoms with Gasteiger partial charge in [-0.1, -0.05) is 31.9 Å². The summed E-state index contributed by atoms with van der Waals surface area (Å²) in [6, 6.07) is 0. The largest absolute Gasteiger partial charge is 0.374 e. The van der Waals surface area contributed by atoms with Gasteiger partial charge >= 0.3 is 0 Å². The number of rotatable bonds is 5. The van der Waals surface area contributed by atoms with Gasteiger partial charge in [-0.05, 0) is 25.7 Å². The third-order valence-corrected chi connectivity index (χ3v) is 2.29. The first-order valence-electron chi connectivity index (χ1n) is 5.21. The van der Waals surface area contributed by atoms with Crippen LogP contribution in [0.5, 0.6) is 0 Å². The minimum absolute atomic E-state index is 0.437. The van der Waals surface area contributed by atoms with Crippen LogP contribution in [0.3, 0.4) is 0 Å². The molecule has 0 amide bonds. The lowest BCUT2D eigenvalue weighted by Gasteiger charge is -2.00. The van der Waals surface area contributed by atoms with Crippen molar-refractivity contribution in [1.29, 1.82) is 0 Å². The van der Waals surface area contributed by atoms with Crippen molar-refractivity contribution in [3.8, 4) is 0 Å². The highest BCUT2D eigenvalue weighted by Crippen LogP contribution is 2.13. The summed E-state index contributed by atoms with van der Waals surface area (Å²) in [6.45, 7) is 3.20. The molecule has 1 heterocycles. The van der Waals surface area contributed by atoms with E-state index >= 15 is 0 Å². The van der Waals surface area contributed by atoms with E-state index in [0.29, 0.717) is 6.10 Å². The van der Waals surface area contributed by atoms with Gasteiger partial charge in [-0.3, -0.25) is 0 Å². The third-order valence-electron chi connectivity index (χ3n) is 2.29. The zero-order valence-corrected chi connectivity index (χ0v) is 8.09. The maximum absolute atomic E-state index is 5.47. The standard InChI is InChI=1S/C11H20O/c1-2-3-4-5-6-8-11-9-7-10-12-11/h6,8,11H,2-5,7,9-10H2,1H3/b8-6-/t11-/m0/s1. The monoisotopic (exact) mass is 168 g/mol. The Labute approximate surface area is 75.8 Å². The first-order chi connectivity index (χ1) is 5.93. The van der Waals surface area contributed by atoms with Gasteiger partial charge in [0.25, 0.3) is 0 Å². The van der Waals surface area contributed by atoms with Crippen LogP contribution < -0.4 is 0 Å². The maximum atomic E-state index is 5.47. The minimum Gasteiger partial charge on any atom is -0.374 e. The number of ether oxygens (including phenoxy) is 1. The second kappa shape index (κ2) is 6.24. The Hall–Kier alpha value is -0.300. The van der Waals surface area contributed by atoms with Crippen molar-refractivity contribution in [3.05, 3.63) is 12.2 Å². The number of allylic oxidation sites excluding steroid dienone is 1. The molecule has 0 aromatic carbocycles. The van der Waals surface area contributed by atoms with Crippen molar-refractivity contribution in [1.82, 2.24) is 0 Å². The fraction of sp³-hybridized carbons (Fsp3) is 0.818. The minimum atomic E-state index is 0.437. The van der Waals surface area contributed by atoms with Crippen LogP contribution in [0.2, 0.25) is 0 Å². The van der Waals surface area contributed by atoms with Crippen LogP contribution in [0, 0.1) is 0 Å². The van der Waals surface area contributed by atoms with E-state index in [1.54, 1.807) is 0 Å². The van der Waals surface area contributed by atoms with Crippen LogP contribution in [0.4, 0.5) is 0 Å². The van der Waals surface area contributed by atoms with Gasteiger partial charge < -0.3 is 4.74 Å². The van der Waals surface area contributed by atoms with E-state index in [0.717, 1.165) is 6.61 Å². The van der Waals surface area contributed by atoms with Gasteiger partial charge in [0.1, 0.15) is 0 Å². The molecule has 70 valence electrons. The second-order valence-corrected chi connectivity index (χ2v) is 3.48. The molecule has 1 nitrogen and oxygen atoms in total. The van der Waals surface area contributed by atoms with Crippen molar-refractivity contribution >= 4 is 0 Å². The Balaban J connectivity index is 1.97. The van der Waals surface area contributed by atoms with Gasteiger partial charge in [0, 0.05) is 6.61 Å². The molecule has 0 aromatic rings. The zero-order chi connectivity index (χ0) is 8.65. The molecule has 0 unspecified atom stereocenters. The van der Waals surface area contributed by atoms with E-state index in [4.69, 9.17) is 4.74 Å². The lowest BCUT2D eigenvalue weighted by Crippen LogP contribution is -1.98. The molecular weight excluding hydrogens is 148 g/mol. The van der Waals surface area contributed by atoms with E-state index < -0.39 is 0 Å². The number of hydrogen-bond donors (Lipinski definition) is 0. The molecule has 1 aliphatic rings. The molecule has 1 aliphatic heterocycles. The summed E-state index contributed by atoms with van der Waals surface area (Å²) in [7, 11) is 0. The molecule has 12 heavy (non-hydrogen) atoms. The lowest BCUT2D eigenvalue weighted by atomic mass is 10.1. The smallest absolute Gasteiger partial charge is 0.0756 e. The molecule has 0 spiro atoms. The van der Waals surface area contributed by atoms with Crippen molar-refractivity contribution in [3.63, 3.8) is 0 Å². The molecule has 0 bridgehead atoms. The van der Waals surface area contributed by atoms with Crippen LogP contribution in [-0.2, 0) is 4.74 Å². The summed E-state index contributed by atoms with van der Waals surface area (Å²) in [4.78, 5) is 0. The van der Waals surface area contributed by atoms with Gasteiger partial charge in [-0.2, -0.15) is 0 Å². The molecule has 0 saturated carbocycles. The van der Waals surface area contributed by atoms with Gasteiger partial charge in [-0.15, -0.1) is 0 Å². The summed E-state index contributed by atoms with van der Waals surface area (Å²) in [5.74, 6) is 0. The van der Waals surface area contributed by atoms with E-state index in [1.165, 1.54) is 38.5 Å². The van der Waals surface area contributed by atoms with Crippen LogP contribution >= 0.6 is 0 Å². The topological polar surface area (TPSA) is 9.23 Å². The van der Waals surface area contributed by atoms with E-state index in [2.05, 4.69) is 19.1 Å². The van der Waals surface area contributed by atoms with Gasteiger partial charge in [0.2, 0.25) is 0 Å². The first-order valence-corrected chi connectivity index (χ1v) is 5.21. The molecular formula is C11H20O. The second-order valence-electron chi connectivity index (χ2n) is 3.48.